The van der Waals surface area contributed by atoms with E-state index in [2.05, 4.69) is 87.5 Å². The molecule has 0 amide bonds. The minimum absolute atomic E-state index is 0.139. The zero-order valence-corrected chi connectivity index (χ0v) is 24.5. The zero-order chi connectivity index (χ0) is 28.2. The van der Waals surface area contributed by atoms with Gasteiger partial charge < -0.3 is 9.84 Å². The Labute approximate surface area is 238 Å². The number of phenolic OH excluding ortho intramolecular Hbond substituents is 1. The van der Waals surface area contributed by atoms with Gasteiger partial charge in [-0.15, -0.1) is 0 Å². The topological polar surface area (TPSA) is 41.8 Å². The van der Waals surface area contributed by atoms with E-state index in [1.54, 1.807) is 13.3 Å². The Bertz CT molecular complexity index is 1580. The Morgan fingerprint density at radius 1 is 0.650 bits per heavy atom. The maximum absolute atomic E-state index is 12.0. The number of hydrogen-bond donors (Lipinski definition) is 1. The van der Waals surface area contributed by atoms with E-state index in [-0.39, 0.29) is 10.8 Å². The molecule has 0 spiro atoms. The summed E-state index contributed by atoms with van der Waals surface area (Å²) in [7, 11) is -1.03. The molecule has 200 valence electrons. The van der Waals surface area contributed by atoms with Crippen molar-refractivity contribution in [2.24, 2.45) is 4.99 Å². The summed E-state index contributed by atoms with van der Waals surface area (Å²) >= 11 is 0. The minimum Gasteiger partial charge on any atom is -0.507 e. The first-order valence-corrected chi connectivity index (χ1v) is 15.6. The van der Waals surface area contributed by atoms with E-state index in [1.807, 2.05) is 60.7 Å². The van der Waals surface area contributed by atoms with Gasteiger partial charge in [-0.25, -0.2) is 0 Å². The van der Waals surface area contributed by atoms with Crippen molar-refractivity contribution in [3.63, 3.8) is 0 Å². The van der Waals surface area contributed by atoms with Crippen molar-refractivity contribution in [2.75, 3.05) is 7.11 Å². The Kier molecular flexibility index (Phi) is 7.72. The summed E-state index contributed by atoms with van der Waals surface area (Å²) in [6.07, 6.45) is 1.78. The molecule has 0 aliphatic rings. The van der Waals surface area contributed by atoms with Crippen LogP contribution in [-0.2, 0) is 0 Å². The van der Waals surface area contributed by atoms with Crippen LogP contribution in [0.4, 0.5) is 5.69 Å². The van der Waals surface area contributed by atoms with Crippen molar-refractivity contribution >= 4 is 35.5 Å². The number of hydrogen-bond acceptors (Lipinski definition) is 3. The predicted octanol–water partition coefficient (Wildman–Crippen LogP) is 7.09. The van der Waals surface area contributed by atoms with Crippen LogP contribution in [0.5, 0.6) is 11.5 Å². The average Bonchev–Trinajstić information content (AvgIpc) is 2.98. The Morgan fingerprint density at radius 3 is 1.80 bits per heavy atom. The van der Waals surface area contributed by atoms with E-state index in [0.717, 1.165) is 27.8 Å². The summed E-state index contributed by atoms with van der Waals surface area (Å²) in [6.45, 7) is 6.88. The number of phenols is 1. The molecular weight excluding hydrogens is 506 g/mol. The lowest BCUT2D eigenvalue weighted by Crippen LogP contribution is -2.72. The standard InChI is InChI=1S/C36H35NO2Si/c1-36(2,3)40(28-17-7-5-8-18-28,29-19-9-6-10-20-29)34-25-15-16-27(35(34)38)26-37-32-23-13-11-21-30(32)31-22-12-14-24-33(31)39-4/h5-26,38H,1-4H3. The summed E-state index contributed by atoms with van der Waals surface area (Å²) in [5.74, 6) is 1.08. The van der Waals surface area contributed by atoms with Gasteiger partial charge in [0, 0.05) is 22.9 Å². The van der Waals surface area contributed by atoms with Crippen molar-refractivity contribution < 1.29 is 9.84 Å². The van der Waals surface area contributed by atoms with Crippen LogP contribution >= 0.6 is 0 Å². The summed E-state index contributed by atoms with van der Waals surface area (Å²) in [6, 6.07) is 43.4. The third kappa shape index (κ3) is 4.87. The summed E-state index contributed by atoms with van der Waals surface area (Å²) in [4.78, 5) is 4.89. The van der Waals surface area contributed by atoms with E-state index in [9.17, 15) is 5.11 Å². The fraction of sp³-hybridized carbons (Fsp3) is 0.139. The van der Waals surface area contributed by atoms with Crippen LogP contribution in [0.1, 0.15) is 26.3 Å². The fourth-order valence-electron chi connectivity index (χ4n) is 5.91. The molecular formula is C36H35NO2Si. The molecule has 5 aromatic rings. The summed E-state index contributed by atoms with van der Waals surface area (Å²) in [5, 5.41) is 15.4. The quantitative estimate of drug-likeness (QED) is 0.136. The number of aliphatic imine (C=N–C) groups is 1. The van der Waals surface area contributed by atoms with Crippen LogP contribution in [0.15, 0.2) is 132 Å². The zero-order valence-electron chi connectivity index (χ0n) is 23.5. The first-order chi connectivity index (χ1) is 19.4. The van der Waals surface area contributed by atoms with Gasteiger partial charge in [-0.3, -0.25) is 4.99 Å². The number of methoxy groups -OCH3 is 1. The molecule has 0 bridgehead atoms. The number of rotatable bonds is 7. The second-order valence-corrected chi connectivity index (χ2v) is 15.6. The molecule has 0 fully saturated rings. The highest BCUT2D eigenvalue weighted by molar-refractivity contribution is 7.13. The van der Waals surface area contributed by atoms with Crippen molar-refractivity contribution in [3.05, 3.63) is 133 Å². The maximum Gasteiger partial charge on any atom is 0.158 e. The van der Waals surface area contributed by atoms with Gasteiger partial charge in [0.1, 0.15) is 11.5 Å². The highest BCUT2D eigenvalue weighted by Crippen LogP contribution is 2.39. The van der Waals surface area contributed by atoms with E-state index in [1.165, 1.54) is 10.4 Å². The number of benzene rings is 5. The molecule has 4 heteroatoms. The lowest BCUT2D eigenvalue weighted by molar-refractivity contribution is 0.416. The monoisotopic (exact) mass is 541 g/mol. The summed E-state index contributed by atoms with van der Waals surface area (Å²) in [5.41, 5.74) is 3.45. The second-order valence-electron chi connectivity index (χ2n) is 11.0. The Hall–Kier alpha value is -4.41. The normalized spacial score (nSPS) is 12.0. The van der Waals surface area contributed by atoms with Crippen molar-refractivity contribution in [3.8, 4) is 22.6 Å². The van der Waals surface area contributed by atoms with Crippen LogP contribution in [0.3, 0.4) is 0 Å². The van der Waals surface area contributed by atoms with Gasteiger partial charge in [-0.1, -0.05) is 130 Å². The highest BCUT2D eigenvalue weighted by atomic mass is 28.3. The van der Waals surface area contributed by atoms with Crippen LogP contribution < -0.4 is 20.3 Å². The number of ether oxygens (including phenoxy) is 1. The van der Waals surface area contributed by atoms with Crippen LogP contribution in [0.2, 0.25) is 5.04 Å². The van der Waals surface area contributed by atoms with Crippen molar-refractivity contribution in [2.45, 2.75) is 25.8 Å². The third-order valence-corrected chi connectivity index (χ3v) is 13.5. The molecule has 0 aliphatic heterocycles. The van der Waals surface area contributed by atoms with E-state index in [0.29, 0.717) is 5.56 Å². The molecule has 0 saturated heterocycles. The van der Waals surface area contributed by atoms with Gasteiger partial charge in [0.25, 0.3) is 0 Å². The van der Waals surface area contributed by atoms with Gasteiger partial charge in [0.05, 0.1) is 12.8 Å². The molecule has 0 aromatic heterocycles. The third-order valence-electron chi connectivity index (χ3n) is 7.65. The van der Waals surface area contributed by atoms with Gasteiger partial charge >= 0.3 is 0 Å². The number of nitrogens with zero attached hydrogens (tertiary/aromatic N) is 1. The van der Waals surface area contributed by atoms with E-state index < -0.39 is 8.07 Å². The molecule has 1 N–H and O–H groups in total. The van der Waals surface area contributed by atoms with Crippen LogP contribution in [0, 0.1) is 0 Å². The van der Waals surface area contributed by atoms with Crippen LogP contribution in [0.25, 0.3) is 11.1 Å². The predicted molar refractivity (Wildman–Crippen MR) is 171 cm³/mol. The molecule has 5 rings (SSSR count). The molecule has 0 unspecified atom stereocenters. The first-order valence-electron chi connectivity index (χ1n) is 13.6. The maximum atomic E-state index is 12.0. The lowest BCUT2D eigenvalue weighted by Gasteiger charge is -2.44. The SMILES string of the molecule is COc1ccccc1-c1ccccc1N=Cc1cccc([Si](c2ccccc2)(c2ccccc2)C(C)(C)C)c1O. The van der Waals surface area contributed by atoms with Gasteiger partial charge in [-0.05, 0) is 38.8 Å². The van der Waals surface area contributed by atoms with Gasteiger partial charge in [-0.2, -0.15) is 0 Å². The van der Waals surface area contributed by atoms with E-state index in [4.69, 9.17) is 9.73 Å². The Balaban J connectivity index is 1.68. The number of aromatic hydroxyl groups is 1. The average molecular weight is 542 g/mol. The largest absolute Gasteiger partial charge is 0.507 e. The molecule has 3 nitrogen and oxygen atoms in total. The molecule has 0 saturated carbocycles. The first kappa shape index (κ1) is 27.2. The lowest BCUT2D eigenvalue weighted by atomic mass is 10.0. The van der Waals surface area contributed by atoms with Gasteiger partial charge in [0.2, 0.25) is 0 Å². The Morgan fingerprint density at radius 2 is 1.20 bits per heavy atom. The smallest absolute Gasteiger partial charge is 0.158 e. The van der Waals surface area contributed by atoms with Crippen LogP contribution in [-0.4, -0.2) is 26.5 Å². The van der Waals surface area contributed by atoms with Crippen molar-refractivity contribution in [1.82, 2.24) is 0 Å². The molecule has 40 heavy (non-hydrogen) atoms. The summed E-state index contributed by atoms with van der Waals surface area (Å²) < 4.78 is 5.62. The van der Waals surface area contributed by atoms with Gasteiger partial charge in [0.15, 0.2) is 8.07 Å². The van der Waals surface area contributed by atoms with E-state index >= 15 is 0 Å². The van der Waals surface area contributed by atoms with Crippen molar-refractivity contribution in [1.29, 1.82) is 0 Å². The molecule has 5 aromatic carbocycles. The number of para-hydroxylation sites is 3. The fourth-order valence-corrected chi connectivity index (χ4v) is 11.6. The molecule has 0 aliphatic carbocycles. The minimum atomic E-state index is -2.71. The second kappa shape index (κ2) is 11.4. The highest BCUT2D eigenvalue weighted by Gasteiger charge is 2.50. The molecule has 0 radical (unpaired) electrons. The molecule has 0 heterocycles. The molecule has 0 atom stereocenters.